The lowest BCUT2D eigenvalue weighted by atomic mass is 10.4. The van der Waals surface area contributed by atoms with Crippen LogP contribution in [0.5, 0.6) is 0 Å². The number of thioether (sulfide) groups is 1. The third kappa shape index (κ3) is 1.97. The molecule has 0 amide bonds. The van der Waals surface area contributed by atoms with E-state index in [-0.39, 0.29) is 0 Å². The van der Waals surface area contributed by atoms with Gasteiger partial charge in [0.1, 0.15) is 10.4 Å². The van der Waals surface area contributed by atoms with E-state index in [4.69, 9.17) is 17.0 Å². The Labute approximate surface area is 108 Å². The molecule has 0 bridgehead atoms. The highest BCUT2D eigenvalue weighted by Crippen LogP contribution is 2.31. The molecule has 2 aromatic heterocycles. The molecule has 0 spiro atoms. The molecule has 1 N–H and O–H groups in total. The van der Waals surface area contributed by atoms with Crippen molar-refractivity contribution in [3.63, 3.8) is 0 Å². The number of aromatic amines is 1. The molecule has 0 aliphatic rings. The van der Waals surface area contributed by atoms with E-state index in [0.717, 1.165) is 26.8 Å². The third-order valence-corrected chi connectivity index (χ3v) is 4.50. The van der Waals surface area contributed by atoms with Gasteiger partial charge in [0.05, 0.1) is 12.6 Å². The van der Waals surface area contributed by atoms with Gasteiger partial charge >= 0.3 is 0 Å². The van der Waals surface area contributed by atoms with E-state index in [1.54, 1.807) is 30.2 Å². The summed E-state index contributed by atoms with van der Waals surface area (Å²) < 4.78 is 5.11. The van der Waals surface area contributed by atoms with Crippen LogP contribution in [-0.4, -0.2) is 27.9 Å². The van der Waals surface area contributed by atoms with Crippen molar-refractivity contribution < 1.29 is 4.74 Å². The van der Waals surface area contributed by atoms with Crippen LogP contribution in [-0.2, 0) is 4.74 Å². The normalized spacial score (nSPS) is 10.9. The Kier molecular flexibility index (Phi) is 3.51. The Bertz CT molecular complexity index is 529. The van der Waals surface area contributed by atoms with Crippen LogP contribution in [0.1, 0.15) is 16.7 Å². The van der Waals surface area contributed by atoms with Gasteiger partial charge in [-0.2, -0.15) is 0 Å². The van der Waals surface area contributed by atoms with E-state index < -0.39 is 0 Å². The van der Waals surface area contributed by atoms with Gasteiger partial charge in [0.25, 0.3) is 0 Å². The zero-order chi connectivity index (χ0) is 11.7. The SMILES string of the molecule is CCSc1nc2c(C)sc(C(=S)OC)c2[nH]1. The summed E-state index contributed by atoms with van der Waals surface area (Å²) in [6.45, 7) is 4.16. The Morgan fingerprint density at radius 2 is 2.38 bits per heavy atom. The Morgan fingerprint density at radius 3 is 3.00 bits per heavy atom. The predicted molar refractivity (Wildman–Crippen MR) is 73.8 cm³/mol. The standard InChI is InChI=1S/C10H12N2OS3/c1-4-15-10-11-6-5(2)16-8(7(6)12-10)9(14)13-3/h4H2,1-3H3,(H,11,12). The number of fused-ring (bicyclic) bond motifs is 1. The van der Waals surface area contributed by atoms with Crippen molar-refractivity contribution in [2.24, 2.45) is 0 Å². The number of H-pyrrole nitrogens is 1. The van der Waals surface area contributed by atoms with E-state index in [1.807, 2.05) is 0 Å². The highest BCUT2D eigenvalue weighted by atomic mass is 32.2. The van der Waals surface area contributed by atoms with E-state index in [9.17, 15) is 0 Å². The fraction of sp³-hybridized carbons (Fsp3) is 0.400. The van der Waals surface area contributed by atoms with Crippen molar-refractivity contribution >= 4 is 51.4 Å². The zero-order valence-electron chi connectivity index (χ0n) is 9.29. The van der Waals surface area contributed by atoms with Gasteiger partial charge in [0.2, 0.25) is 5.05 Å². The molecular weight excluding hydrogens is 260 g/mol. The summed E-state index contributed by atoms with van der Waals surface area (Å²) in [6, 6.07) is 0. The molecule has 0 aromatic carbocycles. The van der Waals surface area contributed by atoms with Gasteiger partial charge in [-0.05, 0) is 24.9 Å². The van der Waals surface area contributed by atoms with E-state index in [2.05, 4.69) is 23.8 Å². The predicted octanol–water partition coefficient (Wildman–Crippen LogP) is 3.37. The molecular formula is C10H12N2OS3. The first-order chi connectivity index (χ1) is 7.67. The molecule has 16 heavy (non-hydrogen) atoms. The first kappa shape index (κ1) is 11.9. The van der Waals surface area contributed by atoms with Crippen LogP contribution in [0.3, 0.4) is 0 Å². The topological polar surface area (TPSA) is 37.9 Å². The van der Waals surface area contributed by atoms with Gasteiger partial charge in [-0.25, -0.2) is 4.98 Å². The molecule has 6 heteroatoms. The van der Waals surface area contributed by atoms with Crippen LogP contribution < -0.4 is 0 Å². The maximum Gasteiger partial charge on any atom is 0.203 e. The van der Waals surface area contributed by atoms with Gasteiger partial charge in [-0.3, -0.25) is 0 Å². The van der Waals surface area contributed by atoms with Crippen molar-refractivity contribution in [3.05, 3.63) is 9.75 Å². The highest BCUT2D eigenvalue weighted by Gasteiger charge is 2.16. The average Bonchev–Trinajstić information content (AvgIpc) is 2.79. The maximum absolute atomic E-state index is 5.17. The first-order valence-electron chi connectivity index (χ1n) is 4.87. The first-order valence-corrected chi connectivity index (χ1v) is 7.08. The Morgan fingerprint density at radius 1 is 1.62 bits per heavy atom. The van der Waals surface area contributed by atoms with Crippen molar-refractivity contribution in [1.82, 2.24) is 9.97 Å². The fourth-order valence-corrected chi connectivity index (χ4v) is 3.26. The van der Waals surface area contributed by atoms with Crippen LogP contribution in [0.15, 0.2) is 5.16 Å². The number of nitrogens with zero attached hydrogens (tertiary/aromatic N) is 1. The number of thiocarbonyl (C=S) groups is 1. The quantitative estimate of drug-likeness (QED) is 0.687. The smallest absolute Gasteiger partial charge is 0.203 e. The van der Waals surface area contributed by atoms with Crippen LogP contribution >= 0.6 is 35.3 Å². The van der Waals surface area contributed by atoms with Crippen molar-refractivity contribution in [2.75, 3.05) is 12.9 Å². The molecule has 2 heterocycles. The summed E-state index contributed by atoms with van der Waals surface area (Å²) in [6.07, 6.45) is 0. The number of hydrogen-bond donors (Lipinski definition) is 1. The monoisotopic (exact) mass is 272 g/mol. The summed E-state index contributed by atoms with van der Waals surface area (Å²) >= 11 is 8.49. The van der Waals surface area contributed by atoms with Crippen LogP contribution in [0.25, 0.3) is 11.0 Å². The molecule has 2 rings (SSSR count). The summed E-state index contributed by atoms with van der Waals surface area (Å²) in [5.74, 6) is 1.00. The molecule has 0 aliphatic heterocycles. The summed E-state index contributed by atoms with van der Waals surface area (Å²) in [7, 11) is 1.60. The minimum atomic E-state index is 0.528. The third-order valence-electron chi connectivity index (χ3n) is 2.15. The van der Waals surface area contributed by atoms with Crippen molar-refractivity contribution in [1.29, 1.82) is 0 Å². The molecule has 0 aliphatic carbocycles. The number of hydrogen-bond acceptors (Lipinski definition) is 5. The van der Waals surface area contributed by atoms with Crippen molar-refractivity contribution in [3.8, 4) is 0 Å². The molecule has 0 unspecified atom stereocenters. The second kappa shape index (κ2) is 4.73. The zero-order valence-corrected chi connectivity index (χ0v) is 11.7. The largest absolute Gasteiger partial charge is 0.486 e. The maximum atomic E-state index is 5.17. The number of aromatic nitrogens is 2. The molecule has 0 atom stereocenters. The molecule has 0 saturated carbocycles. The fourth-order valence-electron chi connectivity index (χ4n) is 1.46. The number of imidazole rings is 1. The second-order valence-electron chi connectivity index (χ2n) is 3.18. The minimum Gasteiger partial charge on any atom is -0.486 e. The average molecular weight is 272 g/mol. The molecule has 3 nitrogen and oxygen atoms in total. The Balaban J connectivity index is 2.54. The number of aryl methyl sites for hydroxylation is 1. The number of rotatable bonds is 3. The van der Waals surface area contributed by atoms with Crippen LogP contribution in [0, 0.1) is 6.92 Å². The number of ether oxygens (including phenoxy) is 1. The summed E-state index contributed by atoms with van der Waals surface area (Å²) in [4.78, 5) is 9.98. The summed E-state index contributed by atoms with van der Waals surface area (Å²) in [5.41, 5.74) is 2.01. The van der Waals surface area contributed by atoms with Gasteiger partial charge < -0.3 is 9.72 Å². The van der Waals surface area contributed by atoms with Gasteiger partial charge in [-0.15, -0.1) is 11.3 Å². The lowest BCUT2D eigenvalue weighted by Crippen LogP contribution is -1.96. The molecule has 2 aromatic rings. The van der Waals surface area contributed by atoms with Gasteiger partial charge in [-0.1, -0.05) is 18.7 Å². The number of methoxy groups -OCH3 is 1. The lowest BCUT2D eigenvalue weighted by molar-refractivity contribution is 0.417. The second-order valence-corrected chi connectivity index (χ2v) is 6.03. The van der Waals surface area contributed by atoms with Gasteiger partial charge in [0.15, 0.2) is 5.16 Å². The van der Waals surface area contributed by atoms with Crippen LogP contribution in [0.2, 0.25) is 0 Å². The van der Waals surface area contributed by atoms with Gasteiger partial charge in [0, 0.05) is 4.88 Å². The lowest BCUT2D eigenvalue weighted by Gasteiger charge is -1.97. The van der Waals surface area contributed by atoms with E-state index >= 15 is 0 Å². The molecule has 86 valence electrons. The number of thiophene rings is 1. The van der Waals surface area contributed by atoms with Crippen molar-refractivity contribution in [2.45, 2.75) is 19.0 Å². The number of nitrogens with one attached hydrogen (secondary N) is 1. The van der Waals surface area contributed by atoms with E-state index in [1.165, 1.54) is 4.88 Å². The molecule has 0 fully saturated rings. The summed E-state index contributed by atoms with van der Waals surface area (Å²) in [5, 5.41) is 1.48. The highest BCUT2D eigenvalue weighted by molar-refractivity contribution is 7.99. The van der Waals surface area contributed by atoms with E-state index in [0.29, 0.717) is 5.05 Å². The Hall–Kier alpha value is -0.590. The molecule has 0 saturated heterocycles. The van der Waals surface area contributed by atoms with Crippen LogP contribution in [0.4, 0.5) is 0 Å². The minimum absolute atomic E-state index is 0.528. The molecule has 0 radical (unpaired) electrons.